The van der Waals surface area contributed by atoms with Crippen molar-refractivity contribution < 1.29 is 9.53 Å². The van der Waals surface area contributed by atoms with Gasteiger partial charge in [-0.25, -0.2) is 4.98 Å². The highest BCUT2D eigenvalue weighted by molar-refractivity contribution is 7.13. The van der Waals surface area contributed by atoms with Crippen molar-refractivity contribution in [3.05, 3.63) is 101 Å². The number of rotatable bonds is 8. The van der Waals surface area contributed by atoms with Gasteiger partial charge in [-0.2, -0.15) is 0 Å². The van der Waals surface area contributed by atoms with Gasteiger partial charge in [0.25, 0.3) is 5.91 Å². The first-order valence-electron chi connectivity index (χ1n) is 10.5. The smallest absolute Gasteiger partial charge is 0.273 e. The predicted octanol–water partition coefficient (Wildman–Crippen LogP) is 5.62. The Hall–Kier alpha value is -3.51. The molecule has 0 aliphatic rings. The molecule has 0 atom stereocenters. The Morgan fingerprint density at radius 2 is 1.69 bits per heavy atom. The van der Waals surface area contributed by atoms with Gasteiger partial charge in [0.05, 0.1) is 7.11 Å². The zero-order chi connectivity index (χ0) is 22.3. The summed E-state index contributed by atoms with van der Waals surface area (Å²) in [5.74, 6) is 0.697. The fourth-order valence-electron chi connectivity index (χ4n) is 3.41. The Labute approximate surface area is 192 Å². The van der Waals surface area contributed by atoms with Gasteiger partial charge in [-0.3, -0.25) is 9.78 Å². The monoisotopic (exact) mass is 443 g/mol. The van der Waals surface area contributed by atoms with E-state index in [0.717, 1.165) is 33.9 Å². The van der Waals surface area contributed by atoms with Gasteiger partial charge < -0.3 is 9.64 Å². The van der Waals surface area contributed by atoms with Crippen LogP contribution in [0, 0.1) is 0 Å². The third kappa shape index (κ3) is 5.21. The number of aromatic nitrogens is 2. The standard InChI is InChI=1S/C26H25N3O2S/c1-3-19-6-8-20(9-7-19)16-29(17-21-5-4-14-27-15-21)26(30)24-18-32-25(28-24)22-10-12-23(31-2)13-11-22/h4-15,18H,3,16-17H2,1-2H3. The molecule has 0 aliphatic carbocycles. The first-order valence-corrected chi connectivity index (χ1v) is 11.4. The SMILES string of the molecule is CCc1ccc(CN(Cc2cccnc2)C(=O)c2csc(-c3ccc(OC)cc3)n2)cc1. The zero-order valence-corrected chi connectivity index (χ0v) is 19.0. The Kier molecular flexibility index (Phi) is 6.92. The van der Waals surface area contributed by atoms with E-state index >= 15 is 0 Å². The molecule has 0 N–H and O–H groups in total. The van der Waals surface area contributed by atoms with E-state index in [1.54, 1.807) is 19.5 Å². The number of aryl methyl sites for hydroxylation is 1. The van der Waals surface area contributed by atoms with Crippen molar-refractivity contribution in [2.45, 2.75) is 26.4 Å². The van der Waals surface area contributed by atoms with Gasteiger partial charge in [0, 0.05) is 36.4 Å². The van der Waals surface area contributed by atoms with E-state index < -0.39 is 0 Å². The highest BCUT2D eigenvalue weighted by atomic mass is 32.1. The molecular weight excluding hydrogens is 418 g/mol. The van der Waals surface area contributed by atoms with Gasteiger partial charge in [0.1, 0.15) is 16.5 Å². The van der Waals surface area contributed by atoms with Crippen molar-refractivity contribution in [1.82, 2.24) is 14.9 Å². The van der Waals surface area contributed by atoms with Crippen molar-refractivity contribution in [2.24, 2.45) is 0 Å². The largest absolute Gasteiger partial charge is 0.497 e. The minimum atomic E-state index is -0.0931. The fourth-order valence-corrected chi connectivity index (χ4v) is 4.21. The van der Waals surface area contributed by atoms with E-state index in [1.165, 1.54) is 16.9 Å². The van der Waals surface area contributed by atoms with Crippen LogP contribution in [0.25, 0.3) is 10.6 Å². The molecule has 0 bridgehead atoms. The van der Waals surface area contributed by atoms with Crippen LogP contribution in [0.3, 0.4) is 0 Å². The third-order valence-electron chi connectivity index (χ3n) is 5.25. The Morgan fingerprint density at radius 1 is 0.969 bits per heavy atom. The number of carbonyl (C=O) groups excluding carboxylic acids is 1. The maximum atomic E-state index is 13.5. The maximum Gasteiger partial charge on any atom is 0.273 e. The van der Waals surface area contributed by atoms with Gasteiger partial charge in [-0.15, -0.1) is 11.3 Å². The summed E-state index contributed by atoms with van der Waals surface area (Å²) in [4.78, 5) is 24.1. The van der Waals surface area contributed by atoms with E-state index in [1.807, 2.05) is 46.7 Å². The van der Waals surface area contributed by atoms with Crippen LogP contribution < -0.4 is 4.74 Å². The van der Waals surface area contributed by atoms with Crippen LogP contribution in [0.4, 0.5) is 0 Å². The van der Waals surface area contributed by atoms with Crippen molar-refractivity contribution in [1.29, 1.82) is 0 Å². The number of methoxy groups -OCH3 is 1. The van der Waals surface area contributed by atoms with Crippen LogP contribution in [-0.2, 0) is 19.5 Å². The topological polar surface area (TPSA) is 55.3 Å². The second-order valence-electron chi connectivity index (χ2n) is 7.46. The van der Waals surface area contributed by atoms with Crippen LogP contribution in [0.2, 0.25) is 0 Å². The van der Waals surface area contributed by atoms with Crippen molar-refractivity contribution >= 4 is 17.2 Å². The lowest BCUT2D eigenvalue weighted by molar-refractivity contribution is 0.0725. The Balaban J connectivity index is 1.58. The van der Waals surface area contributed by atoms with Crippen LogP contribution in [0.1, 0.15) is 34.1 Å². The van der Waals surface area contributed by atoms with E-state index in [4.69, 9.17) is 4.74 Å². The number of benzene rings is 2. The molecule has 0 fully saturated rings. The average Bonchev–Trinajstić information content (AvgIpc) is 3.35. The number of pyridine rings is 1. The third-order valence-corrected chi connectivity index (χ3v) is 6.14. The predicted molar refractivity (Wildman–Crippen MR) is 128 cm³/mol. The number of nitrogens with zero attached hydrogens (tertiary/aromatic N) is 3. The summed E-state index contributed by atoms with van der Waals surface area (Å²) in [5, 5.41) is 2.64. The summed E-state index contributed by atoms with van der Waals surface area (Å²) in [5.41, 5.74) is 4.77. The summed E-state index contributed by atoms with van der Waals surface area (Å²) in [7, 11) is 1.64. The van der Waals surface area contributed by atoms with Crippen LogP contribution in [0.5, 0.6) is 5.75 Å². The van der Waals surface area contributed by atoms with Crippen molar-refractivity contribution in [2.75, 3.05) is 7.11 Å². The molecule has 6 heteroatoms. The zero-order valence-electron chi connectivity index (χ0n) is 18.2. The molecule has 5 nitrogen and oxygen atoms in total. The number of thiazole rings is 1. The second-order valence-corrected chi connectivity index (χ2v) is 8.32. The molecule has 0 saturated heterocycles. The van der Waals surface area contributed by atoms with Gasteiger partial charge in [-0.05, 0) is 53.4 Å². The van der Waals surface area contributed by atoms with E-state index in [2.05, 4.69) is 41.2 Å². The molecular formula is C26H25N3O2S. The molecule has 0 spiro atoms. The van der Waals surface area contributed by atoms with Gasteiger partial charge in [0.2, 0.25) is 0 Å². The minimum Gasteiger partial charge on any atom is -0.497 e. The van der Waals surface area contributed by atoms with Gasteiger partial charge >= 0.3 is 0 Å². The summed E-state index contributed by atoms with van der Waals surface area (Å²) < 4.78 is 5.22. The molecule has 162 valence electrons. The lowest BCUT2D eigenvalue weighted by Crippen LogP contribution is -2.30. The molecule has 4 rings (SSSR count). The highest BCUT2D eigenvalue weighted by Gasteiger charge is 2.20. The maximum absolute atomic E-state index is 13.5. The molecule has 0 saturated carbocycles. The summed E-state index contributed by atoms with van der Waals surface area (Å²) >= 11 is 1.47. The van der Waals surface area contributed by atoms with Gasteiger partial charge in [0.15, 0.2) is 0 Å². The van der Waals surface area contributed by atoms with Crippen LogP contribution in [0.15, 0.2) is 78.4 Å². The number of ether oxygens (including phenoxy) is 1. The summed E-state index contributed by atoms with van der Waals surface area (Å²) in [6.07, 6.45) is 4.52. The molecule has 2 heterocycles. The molecule has 32 heavy (non-hydrogen) atoms. The van der Waals surface area contributed by atoms with E-state index in [-0.39, 0.29) is 5.91 Å². The first kappa shape index (κ1) is 21.7. The van der Waals surface area contributed by atoms with Crippen molar-refractivity contribution in [3.63, 3.8) is 0 Å². The van der Waals surface area contributed by atoms with E-state index in [0.29, 0.717) is 18.8 Å². The molecule has 0 unspecified atom stereocenters. The Bertz CT molecular complexity index is 1160. The fraction of sp³-hybridized carbons (Fsp3) is 0.192. The molecule has 0 aliphatic heterocycles. The van der Waals surface area contributed by atoms with Crippen LogP contribution >= 0.6 is 11.3 Å². The van der Waals surface area contributed by atoms with Crippen molar-refractivity contribution in [3.8, 4) is 16.3 Å². The summed E-state index contributed by atoms with van der Waals surface area (Å²) in [6, 6.07) is 20.0. The summed E-state index contributed by atoms with van der Waals surface area (Å²) in [6.45, 7) is 3.11. The van der Waals surface area contributed by atoms with Gasteiger partial charge in [-0.1, -0.05) is 37.3 Å². The molecule has 0 radical (unpaired) electrons. The van der Waals surface area contributed by atoms with Crippen LogP contribution in [-0.4, -0.2) is 27.9 Å². The number of amides is 1. The second kappa shape index (κ2) is 10.2. The number of carbonyl (C=O) groups is 1. The Morgan fingerprint density at radius 3 is 2.34 bits per heavy atom. The number of hydrogen-bond donors (Lipinski definition) is 0. The minimum absolute atomic E-state index is 0.0931. The van der Waals surface area contributed by atoms with E-state index in [9.17, 15) is 4.79 Å². The lowest BCUT2D eigenvalue weighted by Gasteiger charge is -2.22. The molecule has 4 aromatic rings. The quantitative estimate of drug-likeness (QED) is 0.355. The average molecular weight is 444 g/mol. The highest BCUT2D eigenvalue weighted by Crippen LogP contribution is 2.26. The molecule has 2 aromatic heterocycles. The molecule has 1 amide bonds. The lowest BCUT2D eigenvalue weighted by atomic mass is 10.1. The molecule has 2 aromatic carbocycles. The number of hydrogen-bond acceptors (Lipinski definition) is 5. The first-order chi connectivity index (χ1) is 15.7. The normalized spacial score (nSPS) is 10.7.